The van der Waals surface area contributed by atoms with Crippen LogP contribution in [0.1, 0.15) is 65.2 Å². The molecule has 2 aliphatic rings. The molecule has 0 atom stereocenters. The van der Waals surface area contributed by atoms with Crippen LogP contribution in [0.2, 0.25) is 0 Å². The Morgan fingerprint density at radius 1 is 1.11 bits per heavy atom. The van der Waals surface area contributed by atoms with Crippen molar-refractivity contribution in [1.82, 2.24) is 0 Å². The summed E-state index contributed by atoms with van der Waals surface area (Å²) in [5.41, 5.74) is 2.70. The van der Waals surface area contributed by atoms with Gasteiger partial charge in [-0.15, -0.1) is 0 Å². The van der Waals surface area contributed by atoms with Crippen molar-refractivity contribution in [2.24, 2.45) is 0 Å². The van der Waals surface area contributed by atoms with E-state index in [2.05, 4.69) is 6.08 Å². The maximum Gasteiger partial charge on any atom is 0.152 e. The zero-order valence-corrected chi connectivity index (χ0v) is 11.6. The minimum absolute atomic E-state index is 0.201. The van der Waals surface area contributed by atoms with E-state index in [4.69, 9.17) is 0 Å². The predicted molar refractivity (Wildman–Crippen MR) is 74.5 cm³/mol. The van der Waals surface area contributed by atoms with Crippen molar-refractivity contribution in [3.8, 4) is 0 Å². The van der Waals surface area contributed by atoms with Crippen molar-refractivity contribution in [2.75, 3.05) is 0 Å². The van der Waals surface area contributed by atoms with Gasteiger partial charge in [0.05, 0.1) is 0 Å². The van der Waals surface area contributed by atoms with Gasteiger partial charge < -0.3 is 0 Å². The molecule has 2 heteroatoms. The fourth-order valence-electron chi connectivity index (χ4n) is 2.48. The van der Waals surface area contributed by atoms with E-state index >= 15 is 0 Å². The van der Waals surface area contributed by atoms with Gasteiger partial charge in [0.25, 0.3) is 0 Å². The predicted octanol–water partition coefficient (Wildman–Crippen LogP) is 4.15. The van der Waals surface area contributed by atoms with Crippen LogP contribution in [0.15, 0.2) is 23.3 Å². The molecule has 0 aromatic rings. The van der Waals surface area contributed by atoms with Gasteiger partial charge in [0.2, 0.25) is 0 Å². The van der Waals surface area contributed by atoms with Crippen molar-refractivity contribution in [1.29, 1.82) is 0 Å². The number of Topliss-reactive ketones (excluding diaryl/α,β-unsaturated/α-hetero) is 1. The van der Waals surface area contributed by atoms with E-state index in [0.717, 1.165) is 19.3 Å². The number of allylic oxidation sites excluding steroid dienone is 4. The molecule has 0 unspecified atom stereocenters. The Morgan fingerprint density at radius 3 is 2.22 bits per heavy atom. The van der Waals surface area contributed by atoms with Gasteiger partial charge in [0.15, 0.2) is 5.78 Å². The number of hydrogen-bond donors (Lipinski definition) is 0. The van der Waals surface area contributed by atoms with E-state index in [1.54, 1.807) is 19.9 Å². The molecule has 1 fully saturated rings. The Balaban J connectivity index is 0.000000180. The number of carbonyl (C=O) groups is 2. The van der Waals surface area contributed by atoms with Crippen LogP contribution < -0.4 is 0 Å². The first-order valence-electron chi connectivity index (χ1n) is 6.95. The molecule has 2 aliphatic carbocycles. The average Bonchev–Trinajstić information content (AvgIpc) is 2.90. The van der Waals surface area contributed by atoms with Gasteiger partial charge in [-0.05, 0) is 64.9 Å². The minimum Gasteiger partial charge on any atom is -0.300 e. The fraction of sp³-hybridized carbons (Fsp3) is 0.625. The van der Waals surface area contributed by atoms with Gasteiger partial charge in [0.1, 0.15) is 5.78 Å². The minimum atomic E-state index is 0.201. The summed E-state index contributed by atoms with van der Waals surface area (Å²) in [7, 11) is 0. The van der Waals surface area contributed by atoms with Gasteiger partial charge in [-0.1, -0.05) is 17.2 Å². The van der Waals surface area contributed by atoms with E-state index in [1.165, 1.54) is 36.8 Å². The zero-order chi connectivity index (χ0) is 13.4. The number of carbonyl (C=O) groups excluding carboxylic acids is 2. The summed E-state index contributed by atoms with van der Waals surface area (Å²) in [6, 6.07) is 0. The highest BCUT2D eigenvalue weighted by molar-refractivity contribution is 5.87. The maximum absolute atomic E-state index is 10.6. The lowest BCUT2D eigenvalue weighted by Crippen LogP contribution is -1.90. The highest BCUT2D eigenvalue weighted by atomic mass is 16.1. The summed E-state index contributed by atoms with van der Waals surface area (Å²) in [4.78, 5) is 21.1. The smallest absolute Gasteiger partial charge is 0.152 e. The summed E-state index contributed by atoms with van der Waals surface area (Å²) >= 11 is 0. The van der Waals surface area contributed by atoms with Crippen LogP contribution in [0.4, 0.5) is 0 Å². The Morgan fingerprint density at radius 2 is 1.78 bits per heavy atom. The van der Waals surface area contributed by atoms with E-state index in [1.807, 2.05) is 0 Å². The van der Waals surface area contributed by atoms with Gasteiger partial charge in [-0.25, -0.2) is 0 Å². The van der Waals surface area contributed by atoms with Gasteiger partial charge in [-0.2, -0.15) is 0 Å². The second kappa shape index (κ2) is 8.02. The maximum atomic E-state index is 10.6. The molecular weight excluding hydrogens is 224 g/mol. The van der Waals surface area contributed by atoms with Crippen LogP contribution in [0.25, 0.3) is 0 Å². The van der Waals surface area contributed by atoms with E-state index in [-0.39, 0.29) is 5.78 Å². The van der Waals surface area contributed by atoms with Crippen molar-refractivity contribution < 1.29 is 9.59 Å². The van der Waals surface area contributed by atoms with E-state index in [9.17, 15) is 9.59 Å². The summed E-state index contributed by atoms with van der Waals surface area (Å²) in [6.07, 6.45) is 13.1. The lowest BCUT2D eigenvalue weighted by atomic mass is 10.1. The monoisotopic (exact) mass is 248 g/mol. The molecule has 0 radical (unpaired) electrons. The first-order chi connectivity index (χ1) is 8.58. The lowest BCUT2D eigenvalue weighted by Gasteiger charge is -1.93. The summed E-state index contributed by atoms with van der Waals surface area (Å²) in [6.45, 7) is 3.27. The zero-order valence-electron chi connectivity index (χ0n) is 11.6. The molecule has 0 amide bonds. The van der Waals surface area contributed by atoms with Crippen molar-refractivity contribution in [2.45, 2.75) is 65.2 Å². The number of ketones is 2. The number of rotatable bonds is 3. The molecule has 100 valence electrons. The molecule has 0 aliphatic heterocycles. The van der Waals surface area contributed by atoms with Gasteiger partial charge in [0, 0.05) is 6.42 Å². The van der Waals surface area contributed by atoms with Crippen molar-refractivity contribution in [3.63, 3.8) is 0 Å². The Labute approximate surface area is 110 Å². The summed E-state index contributed by atoms with van der Waals surface area (Å²) in [5.74, 6) is 0.495. The average molecular weight is 248 g/mol. The summed E-state index contributed by atoms with van der Waals surface area (Å²) in [5, 5.41) is 0. The molecule has 0 saturated heterocycles. The Bertz CT molecular complexity index is 353. The van der Waals surface area contributed by atoms with Crippen LogP contribution in [0, 0.1) is 0 Å². The molecular formula is C16H24O2. The van der Waals surface area contributed by atoms with Gasteiger partial charge in [-0.3, -0.25) is 9.59 Å². The van der Waals surface area contributed by atoms with Crippen molar-refractivity contribution >= 4 is 11.6 Å². The Hall–Kier alpha value is -1.18. The molecule has 0 spiro atoms. The Kier molecular flexibility index (Phi) is 6.63. The molecule has 0 heterocycles. The quantitative estimate of drug-likeness (QED) is 0.555. The standard InChI is InChI=1S/2C8H12O/c2*1-7(9)6-8-4-2-3-5-8/h6H,2-5H2,1H3;4H,2-3,5-6H2,1H3. The van der Waals surface area contributed by atoms with Crippen LogP contribution in [-0.2, 0) is 9.59 Å². The second-order valence-corrected chi connectivity index (χ2v) is 5.25. The molecule has 0 aromatic heterocycles. The first kappa shape index (κ1) is 14.9. The molecule has 0 bridgehead atoms. The SMILES string of the molecule is CC(=O)C=C1CCCC1.CC(=O)CC1=CCCC1. The number of hydrogen-bond acceptors (Lipinski definition) is 2. The third-order valence-electron chi connectivity index (χ3n) is 3.26. The van der Waals surface area contributed by atoms with Crippen LogP contribution >= 0.6 is 0 Å². The van der Waals surface area contributed by atoms with Crippen molar-refractivity contribution in [3.05, 3.63) is 23.3 Å². The van der Waals surface area contributed by atoms with Crippen LogP contribution in [-0.4, -0.2) is 11.6 Å². The van der Waals surface area contributed by atoms with E-state index < -0.39 is 0 Å². The van der Waals surface area contributed by atoms with Crippen LogP contribution in [0.5, 0.6) is 0 Å². The lowest BCUT2D eigenvalue weighted by molar-refractivity contribution is -0.116. The topological polar surface area (TPSA) is 34.1 Å². The molecule has 0 N–H and O–H groups in total. The third-order valence-corrected chi connectivity index (χ3v) is 3.26. The molecule has 1 saturated carbocycles. The fourth-order valence-corrected chi connectivity index (χ4v) is 2.48. The highest BCUT2D eigenvalue weighted by Crippen LogP contribution is 2.23. The summed E-state index contributed by atoms with van der Waals surface area (Å²) < 4.78 is 0. The molecule has 18 heavy (non-hydrogen) atoms. The van der Waals surface area contributed by atoms with Crippen LogP contribution in [0.3, 0.4) is 0 Å². The van der Waals surface area contributed by atoms with E-state index in [0.29, 0.717) is 12.2 Å². The molecule has 2 nitrogen and oxygen atoms in total. The molecule has 2 rings (SSSR count). The molecule has 0 aromatic carbocycles. The normalized spacial score (nSPS) is 17.9. The largest absolute Gasteiger partial charge is 0.300 e. The van der Waals surface area contributed by atoms with Gasteiger partial charge >= 0.3 is 0 Å². The highest BCUT2D eigenvalue weighted by Gasteiger charge is 2.06. The third kappa shape index (κ3) is 6.53. The first-order valence-corrected chi connectivity index (χ1v) is 6.95. The second-order valence-electron chi connectivity index (χ2n) is 5.25.